The zero-order valence-corrected chi connectivity index (χ0v) is 8.63. The molecule has 3 nitrogen and oxygen atoms in total. The van der Waals surface area contributed by atoms with Crippen LogP contribution in [0.25, 0.3) is 0 Å². The Labute approximate surface area is 79.4 Å². The molecule has 0 radical (unpaired) electrons. The van der Waals surface area contributed by atoms with Gasteiger partial charge in [-0.05, 0) is 32.6 Å². The van der Waals surface area contributed by atoms with Gasteiger partial charge in [0.15, 0.2) is 0 Å². The molecule has 0 saturated carbocycles. The molecule has 76 valence electrons. The second-order valence-electron chi connectivity index (χ2n) is 4.26. The lowest BCUT2D eigenvalue weighted by Crippen LogP contribution is -2.16. The summed E-state index contributed by atoms with van der Waals surface area (Å²) in [5, 5.41) is 0. The van der Waals surface area contributed by atoms with E-state index in [1.807, 2.05) is 0 Å². The molecule has 0 spiro atoms. The van der Waals surface area contributed by atoms with Crippen LogP contribution >= 0.6 is 0 Å². The molecule has 1 rings (SSSR count). The molecule has 0 aromatic heterocycles. The summed E-state index contributed by atoms with van der Waals surface area (Å²) >= 11 is 0. The minimum Gasteiger partial charge on any atom is -0.469 e. The van der Waals surface area contributed by atoms with E-state index in [4.69, 9.17) is 4.74 Å². The SMILES string of the molecule is COC(=O)CCC1COC(C)(C)C1. The lowest BCUT2D eigenvalue weighted by molar-refractivity contribution is -0.140. The van der Waals surface area contributed by atoms with Gasteiger partial charge in [-0.2, -0.15) is 0 Å². The number of carbonyl (C=O) groups excluding carboxylic acids is 1. The molecule has 1 unspecified atom stereocenters. The number of ether oxygens (including phenoxy) is 2. The lowest BCUT2D eigenvalue weighted by Gasteiger charge is -2.15. The maximum absolute atomic E-state index is 10.9. The molecule has 0 aromatic rings. The van der Waals surface area contributed by atoms with Gasteiger partial charge in [-0.3, -0.25) is 4.79 Å². The summed E-state index contributed by atoms with van der Waals surface area (Å²) in [6.07, 6.45) is 2.45. The summed E-state index contributed by atoms with van der Waals surface area (Å²) in [7, 11) is 1.43. The van der Waals surface area contributed by atoms with Crippen LogP contribution in [0.1, 0.15) is 33.1 Å². The maximum atomic E-state index is 10.9. The number of esters is 1. The topological polar surface area (TPSA) is 35.5 Å². The molecule has 1 heterocycles. The molecule has 0 aliphatic carbocycles. The van der Waals surface area contributed by atoms with Gasteiger partial charge in [0.2, 0.25) is 0 Å². The van der Waals surface area contributed by atoms with Crippen molar-refractivity contribution in [1.29, 1.82) is 0 Å². The van der Waals surface area contributed by atoms with Crippen molar-refractivity contribution in [1.82, 2.24) is 0 Å². The van der Waals surface area contributed by atoms with Gasteiger partial charge in [-0.25, -0.2) is 0 Å². The molecule has 0 amide bonds. The van der Waals surface area contributed by atoms with Crippen molar-refractivity contribution in [3.63, 3.8) is 0 Å². The maximum Gasteiger partial charge on any atom is 0.305 e. The van der Waals surface area contributed by atoms with Crippen LogP contribution in [0.2, 0.25) is 0 Å². The Kier molecular flexibility index (Phi) is 3.31. The van der Waals surface area contributed by atoms with Gasteiger partial charge in [0, 0.05) is 6.42 Å². The quantitative estimate of drug-likeness (QED) is 0.630. The van der Waals surface area contributed by atoms with E-state index in [0.29, 0.717) is 12.3 Å². The first-order valence-electron chi connectivity index (χ1n) is 4.74. The van der Waals surface area contributed by atoms with E-state index in [1.54, 1.807) is 0 Å². The smallest absolute Gasteiger partial charge is 0.305 e. The fraction of sp³-hybridized carbons (Fsp3) is 0.900. The summed E-state index contributed by atoms with van der Waals surface area (Å²) in [5.41, 5.74) is 0.000780. The van der Waals surface area contributed by atoms with E-state index in [0.717, 1.165) is 19.4 Å². The fourth-order valence-electron chi connectivity index (χ4n) is 1.77. The second-order valence-corrected chi connectivity index (χ2v) is 4.26. The number of hydrogen-bond donors (Lipinski definition) is 0. The van der Waals surface area contributed by atoms with E-state index in [1.165, 1.54) is 7.11 Å². The Morgan fingerprint density at radius 2 is 2.31 bits per heavy atom. The molecule has 13 heavy (non-hydrogen) atoms. The van der Waals surface area contributed by atoms with Crippen LogP contribution in [0.5, 0.6) is 0 Å². The molecule has 1 fully saturated rings. The molecule has 0 N–H and O–H groups in total. The Morgan fingerprint density at radius 1 is 1.62 bits per heavy atom. The highest BCUT2D eigenvalue weighted by atomic mass is 16.5. The Balaban J connectivity index is 2.21. The Morgan fingerprint density at radius 3 is 2.77 bits per heavy atom. The first-order chi connectivity index (χ1) is 6.03. The van der Waals surface area contributed by atoms with Crippen LogP contribution in [0.4, 0.5) is 0 Å². The standard InChI is InChI=1S/C10H18O3/c1-10(2)6-8(7-13-10)4-5-9(11)12-3/h8H,4-7H2,1-3H3. The van der Waals surface area contributed by atoms with Crippen molar-refractivity contribution < 1.29 is 14.3 Å². The number of rotatable bonds is 3. The lowest BCUT2D eigenvalue weighted by atomic mass is 9.94. The van der Waals surface area contributed by atoms with Crippen molar-refractivity contribution in [3.05, 3.63) is 0 Å². The summed E-state index contributed by atoms with van der Waals surface area (Å²) in [6, 6.07) is 0. The average molecular weight is 186 g/mol. The molecular weight excluding hydrogens is 168 g/mol. The zero-order chi connectivity index (χ0) is 9.90. The van der Waals surface area contributed by atoms with Crippen molar-refractivity contribution in [2.24, 2.45) is 5.92 Å². The predicted molar refractivity (Wildman–Crippen MR) is 49.4 cm³/mol. The van der Waals surface area contributed by atoms with Crippen molar-refractivity contribution in [2.75, 3.05) is 13.7 Å². The van der Waals surface area contributed by atoms with Crippen molar-refractivity contribution in [3.8, 4) is 0 Å². The summed E-state index contributed by atoms with van der Waals surface area (Å²) in [5.74, 6) is 0.402. The summed E-state index contributed by atoms with van der Waals surface area (Å²) in [4.78, 5) is 10.9. The summed E-state index contributed by atoms with van der Waals surface area (Å²) < 4.78 is 10.1. The van der Waals surface area contributed by atoms with Gasteiger partial charge in [-0.1, -0.05) is 0 Å². The number of methoxy groups -OCH3 is 1. The largest absolute Gasteiger partial charge is 0.469 e. The third kappa shape index (κ3) is 3.35. The van der Waals surface area contributed by atoms with Crippen LogP contribution in [-0.4, -0.2) is 25.3 Å². The average Bonchev–Trinajstić information content (AvgIpc) is 2.41. The summed E-state index contributed by atoms with van der Waals surface area (Å²) in [6.45, 7) is 4.96. The zero-order valence-electron chi connectivity index (χ0n) is 8.63. The van der Waals surface area contributed by atoms with Gasteiger partial charge in [0.25, 0.3) is 0 Å². The molecular formula is C10H18O3. The second kappa shape index (κ2) is 4.09. The van der Waals surface area contributed by atoms with Crippen molar-refractivity contribution in [2.45, 2.75) is 38.7 Å². The van der Waals surface area contributed by atoms with Gasteiger partial charge < -0.3 is 9.47 Å². The van der Waals surface area contributed by atoms with Crippen LogP contribution in [0.3, 0.4) is 0 Å². The van der Waals surface area contributed by atoms with Crippen LogP contribution in [-0.2, 0) is 14.3 Å². The van der Waals surface area contributed by atoms with Crippen LogP contribution < -0.4 is 0 Å². The van der Waals surface area contributed by atoms with Gasteiger partial charge in [-0.15, -0.1) is 0 Å². The van der Waals surface area contributed by atoms with E-state index < -0.39 is 0 Å². The van der Waals surface area contributed by atoms with Gasteiger partial charge >= 0.3 is 5.97 Å². The van der Waals surface area contributed by atoms with E-state index in [9.17, 15) is 4.79 Å². The molecule has 1 saturated heterocycles. The molecule has 1 aliphatic heterocycles. The third-order valence-electron chi connectivity index (χ3n) is 2.47. The predicted octanol–water partition coefficient (Wildman–Crippen LogP) is 1.75. The fourth-order valence-corrected chi connectivity index (χ4v) is 1.77. The van der Waals surface area contributed by atoms with E-state index in [-0.39, 0.29) is 11.6 Å². The van der Waals surface area contributed by atoms with Crippen LogP contribution in [0.15, 0.2) is 0 Å². The van der Waals surface area contributed by atoms with Gasteiger partial charge in [0.1, 0.15) is 0 Å². The number of hydrogen-bond acceptors (Lipinski definition) is 3. The van der Waals surface area contributed by atoms with E-state index in [2.05, 4.69) is 18.6 Å². The monoisotopic (exact) mass is 186 g/mol. The molecule has 0 aromatic carbocycles. The van der Waals surface area contributed by atoms with Crippen molar-refractivity contribution >= 4 is 5.97 Å². The highest BCUT2D eigenvalue weighted by Crippen LogP contribution is 2.31. The first kappa shape index (κ1) is 10.5. The molecule has 1 atom stereocenters. The van der Waals surface area contributed by atoms with E-state index >= 15 is 0 Å². The third-order valence-corrected chi connectivity index (χ3v) is 2.47. The van der Waals surface area contributed by atoms with Gasteiger partial charge in [0.05, 0.1) is 19.3 Å². The minimum absolute atomic E-state index is 0.000780. The highest BCUT2D eigenvalue weighted by molar-refractivity contribution is 5.69. The molecule has 0 bridgehead atoms. The normalized spacial score (nSPS) is 25.9. The Hall–Kier alpha value is -0.570. The number of carbonyl (C=O) groups is 1. The molecule has 3 heteroatoms. The van der Waals surface area contributed by atoms with Crippen LogP contribution in [0, 0.1) is 5.92 Å². The Bertz CT molecular complexity index is 187. The highest BCUT2D eigenvalue weighted by Gasteiger charge is 2.31. The minimum atomic E-state index is -0.121. The molecule has 1 aliphatic rings. The first-order valence-corrected chi connectivity index (χ1v) is 4.74.